The van der Waals surface area contributed by atoms with Gasteiger partial charge in [0.15, 0.2) is 5.78 Å². The van der Waals surface area contributed by atoms with Crippen molar-refractivity contribution in [1.29, 1.82) is 0 Å². The number of amides is 1. The minimum absolute atomic E-state index is 0.0404. The topological polar surface area (TPSA) is 110 Å². The molecule has 9 heteroatoms. The second-order valence-corrected chi connectivity index (χ2v) is 6.41. The molecule has 8 nitrogen and oxygen atoms in total. The van der Waals surface area contributed by atoms with Crippen molar-refractivity contribution in [3.63, 3.8) is 0 Å². The van der Waals surface area contributed by atoms with Crippen molar-refractivity contribution in [2.45, 2.75) is 18.9 Å². The number of nitrogen functional groups attached to an aromatic ring is 1. The molecule has 0 saturated carbocycles. The average Bonchev–Trinajstić information content (AvgIpc) is 2.69. The molecule has 1 saturated heterocycles. The summed E-state index contributed by atoms with van der Waals surface area (Å²) in [6.07, 6.45) is 0.999. The number of benzene rings is 1. The van der Waals surface area contributed by atoms with Gasteiger partial charge in [-0.25, -0.2) is 14.2 Å². The Labute approximate surface area is 161 Å². The van der Waals surface area contributed by atoms with Gasteiger partial charge in [0.05, 0.1) is 11.1 Å². The quantitative estimate of drug-likeness (QED) is 0.675. The van der Waals surface area contributed by atoms with E-state index in [0.29, 0.717) is 18.9 Å². The van der Waals surface area contributed by atoms with E-state index in [1.165, 1.54) is 25.2 Å². The van der Waals surface area contributed by atoms with Crippen LogP contribution in [0.1, 0.15) is 28.8 Å². The molecule has 1 aliphatic rings. The number of anilines is 2. The predicted molar refractivity (Wildman–Crippen MR) is 102 cm³/mol. The summed E-state index contributed by atoms with van der Waals surface area (Å²) < 4.78 is 13.8. The fourth-order valence-corrected chi connectivity index (χ4v) is 3.00. The van der Waals surface area contributed by atoms with Gasteiger partial charge in [-0.3, -0.25) is 4.79 Å². The fraction of sp³-hybridized carbons (Fsp3) is 0.316. The number of rotatable bonds is 5. The molecule has 0 atom stereocenters. The van der Waals surface area contributed by atoms with Crippen LogP contribution in [-0.4, -0.2) is 48.1 Å². The lowest BCUT2D eigenvalue weighted by molar-refractivity contribution is -0.111. The number of hydrogen-bond acceptors (Lipinski definition) is 7. The molecule has 2 aromatic rings. The van der Waals surface area contributed by atoms with Crippen LogP contribution in [0.2, 0.25) is 0 Å². The Hall–Kier alpha value is -3.20. The first-order chi connectivity index (χ1) is 13.5. The number of ketones is 1. The van der Waals surface area contributed by atoms with Gasteiger partial charge in [-0.1, -0.05) is 12.1 Å². The van der Waals surface area contributed by atoms with Crippen molar-refractivity contribution in [3.05, 3.63) is 53.3 Å². The monoisotopic (exact) mass is 387 g/mol. The Morgan fingerprint density at radius 1 is 1.18 bits per heavy atom. The Kier molecular flexibility index (Phi) is 6.05. The van der Waals surface area contributed by atoms with Gasteiger partial charge in [-0.05, 0) is 37.1 Å². The maximum absolute atomic E-state index is 13.8. The second-order valence-electron chi connectivity index (χ2n) is 6.41. The third-order valence-electron chi connectivity index (χ3n) is 4.51. The summed E-state index contributed by atoms with van der Waals surface area (Å²) in [5.41, 5.74) is 6.06. The summed E-state index contributed by atoms with van der Waals surface area (Å²) in [5, 5.41) is 7.28. The lowest BCUT2D eigenvalue weighted by Gasteiger charge is -2.31. The van der Waals surface area contributed by atoms with Gasteiger partial charge in [0, 0.05) is 26.2 Å². The summed E-state index contributed by atoms with van der Waals surface area (Å²) in [4.78, 5) is 33.1. The zero-order valence-corrected chi connectivity index (χ0v) is 15.4. The van der Waals surface area contributed by atoms with Gasteiger partial charge in [0.25, 0.3) is 0 Å². The van der Waals surface area contributed by atoms with E-state index in [1.807, 2.05) is 0 Å². The number of hydroxylamine groups is 2. The van der Waals surface area contributed by atoms with E-state index in [0.717, 1.165) is 12.8 Å². The molecule has 1 aromatic carbocycles. The van der Waals surface area contributed by atoms with Crippen LogP contribution in [0.4, 0.5) is 20.8 Å². The Bertz CT molecular complexity index is 868. The van der Waals surface area contributed by atoms with Crippen LogP contribution in [0, 0.1) is 5.82 Å². The number of nitrogens with zero attached hydrogens (tertiary/aromatic N) is 2. The predicted octanol–water partition coefficient (Wildman–Crippen LogP) is 2.18. The lowest BCUT2D eigenvalue weighted by atomic mass is 10.0. The molecule has 4 N–H and O–H groups in total. The highest BCUT2D eigenvalue weighted by Crippen LogP contribution is 2.21. The number of piperidine rings is 1. The normalized spacial score (nSPS) is 15.1. The minimum Gasteiger partial charge on any atom is -0.383 e. The Morgan fingerprint density at radius 3 is 2.54 bits per heavy atom. The molecule has 2 heterocycles. The molecule has 0 aliphatic carbocycles. The number of pyridine rings is 1. The zero-order valence-electron chi connectivity index (χ0n) is 15.4. The summed E-state index contributed by atoms with van der Waals surface area (Å²) >= 11 is 0. The van der Waals surface area contributed by atoms with Crippen LogP contribution >= 0.6 is 0 Å². The molecule has 0 radical (unpaired) electrons. The van der Waals surface area contributed by atoms with E-state index in [9.17, 15) is 14.0 Å². The van der Waals surface area contributed by atoms with Crippen LogP contribution in [0.15, 0.2) is 36.4 Å². The maximum atomic E-state index is 13.8. The number of nitrogens with one attached hydrogen (secondary N) is 2. The molecule has 1 aliphatic heterocycles. The molecular formula is C19H22FN5O3. The molecule has 28 heavy (non-hydrogen) atoms. The largest absolute Gasteiger partial charge is 0.426 e. The van der Waals surface area contributed by atoms with Crippen molar-refractivity contribution < 1.29 is 18.8 Å². The second kappa shape index (κ2) is 8.66. The number of aromatic nitrogens is 1. The third kappa shape index (κ3) is 4.55. The Morgan fingerprint density at radius 2 is 1.89 bits per heavy atom. The molecule has 0 bridgehead atoms. The molecule has 148 valence electrons. The van der Waals surface area contributed by atoms with Crippen LogP contribution in [-0.2, 0) is 4.84 Å². The summed E-state index contributed by atoms with van der Waals surface area (Å²) in [6.45, 7) is 1.18. The summed E-state index contributed by atoms with van der Waals surface area (Å²) in [7, 11) is 1.51. The van der Waals surface area contributed by atoms with Gasteiger partial charge >= 0.3 is 6.09 Å². The number of halogens is 1. The number of carbonyl (C=O) groups is 2. The SMILES string of the molecule is CNC(=O)ON1CCC(Nc2ccc(C(=O)c3ccccc3F)c(N)n2)CC1. The van der Waals surface area contributed by atoms with Crippen LogP contribution < -0.4 is 16.4 Å². The molecule has 1 aromatic heterocycles. The Balaban J connectivity index is 1.61. The smallest absolute Gasteiger partial charge is 0.383 e. The number of nitrogens with two attached hydrogens (primary N) is 1. The maximum Gasteiger partial charge on any atom is 0.426 e. The fourth-order valence-electron chi connectivity index (χ4n) is 3.00. The van der Waals surface area contributed by atoms with E-state index in [4.69, 9.17) is 10.6 Å². The molecule has 3 rings (SSSR count). The molecule has 1 amide bonds. The minimum atomic E-state index is -0.597. The number of carbonyl (C=O) groups excluding carboxylic acids is 2. The van der Waals surface area contributed by atoms with E-state index >= 15 is 0 Å². The van der Waals surface area contributed by atoms with Gasteiger partial charge in [0.2, 0.25) is 0 Å². The van der Waals surface area contributed by atoms with E-state index in [1.54, 1.807) is 23.3 Å². The highest BCUT2D eigenvalue weighted by molar-refractivity contribution is 6.11. The highest BCUT2D eigenvalue weighted by Gasteiger charge is 2.23. The van der Waals surface area contributed by atoms with Crippen molar-refractivity contribution in [1.82, 2.24) is 15.4 Å². The molecule has 1 fully saturated rings. The number of hydrogen-bond donors (Lipinski definition) is 3. The van der Waals surface area contributed by atoms with Crippen molar-refractivity contribution >= 4 is 23.5 Å². The zero-order chi connectivity index (χ0) is 20.1. The standard InChI is InChI=1S/C19H22FN5O3/c1-22-19(27)28-25-10-8-12(9-11-25)23-16-7-6-14(18(21)24-16)17(26)13-4-2-3-5-15(13)20/h2-7,12H,8-11H2,1H3,(H,22,27)(H3,21,23,24). The van der Waals surface area contributed by atoms with Crippen LogP contribution in [0.3, 0.4) is 0 Å². The average molecular weight is 387 g/mol. The van der Waals surface area contributed by atoms with Gasteiger partial charge in [-0.15, -0.1) is 5.06 Å². The van der Waals surface area contributed by atoms with Gasteiger partial charge < -0.3 is 21.2 Å². The van der Waals surface area contributed by atoms with Gasteiger partial charge in [0.1, 0.15) is 17.5 Å². The van der Waals surface area contributed by atoms with Gasteiger partial charge in [-0.2, -0.15) is 0 Å². The summed E-state index contributed by atoms with van der Waals surface area (Å²) in [6, 6.07) is 9.08. The summed E-state index contributed by atoms with van der Waals surface area (Å²) in [5.74, 6) is -0.527. The van der Waals surface area contributed by atoms with Crippen molar-refractivity contribution in [3.8, 4) is 0 Å². The first-order valence-corrected chi connectivity index (χ1v) is 8.95. The van der Waals surface area contributed by atoms with Crippen molar-refractivity contribution in [2.24, 2.45) is 0 Å². The van der Waals surface area contributed by atoms with Crippen LogP contribution in [0.5, 0.6) is 0 Å². The van der Waals surface area contributed by atoms with Crippen molar-refractivity contribution in [2.75, 3.05) is 31.2 Å². The van der Waals surface area contributed by atoms with E-state index in [-0.39, 0.29) is 23.0 Å². The lowest BCUT2D eigenvalue weighted by Crippen LogP contribution is -2.41. The molecular weight excluding hydrogens is 365 g/mol. The first kappa shape index (κ1) is 19.6. The molecule has 0 spiro atoms. The van der Waals surface area contributed by atoms with E-state index < -0.39 is 17.7 Å². The van der Waals surface area contributed by atoms with Crippen LogP contribution in [0.25, 0.3) is 0 Å². The van der Waals surface area contributed by atoms with E-state index in [2.05, 4.69) is 15.6 Å². The molecule has 0 unspecified atom stereocenters. The first-order valence-electron chi connectivity index (χ1n) is 8.95. The third-order valence-corrected chi connectivity index (χ3v) is 4.51. The highest BCUT2D eigenvalue weighted by atomic mass is 19.1.